The molecular formula is C11H10FN3OS2. The highest BCUT2D eigenvalue weighted by molar-refractivity contribution is 7.80. The number of nitrogens with one attached hydrogen (secondary N) is 2. The van der Waals surface area contributed by atoms with Crippen LogP contribution in [0.15, 0.2) is 28.4 Å². The Labute approximate surface area is 112 Å². The molecule has 18 heavy (non-hydrogen) atoms. The van der Waals surface area contributed by atoms with Gasteiger partial charge in [-0.3, -0.25) is 4.79 Å². The smallest absolute Gasteiger partial charge is 0.304 e. The van der Waals surface area contributed by atoms with E-state index in [1.54, 1.807) is 17.5 Å². The lowest BCUT2D eigenvalue weighted by Gasteiger charge is -2.07. The Morgan fingerprint density at radius 2 is 2.33 bits per heavy atom. The Bertz CT molecular complexity index is 635. The van der Waals surface area contributed by atoms with E-state index in [9.17, 15) is 9.18 Å². The number of aromatic nitrogens is 1. The molecule has 0 aliphatic rings. The van der Waals surface area contributed by atoms with Crippen molar-refractivity contribution >= 4 is 34.2 Å². The molecule has 94 valence electrons. The Morgan fingerprint density at radius 3 is 2.89 bits per heavy atom. The minimum atomic E-state index is -0.433. The van der Waals surface area contributed by atoms with Gasteiger partial charge >= 0.3 is 4.87 Å². The number of anilines is 1. The van der Waals surface area contributed by atoms with Crippen LogP contribution >= 0.6 is 23.6 Å². The molecule has 0 aliphatic carbocycles. The van der Waals surface area contributed by atoms with E-state index in [-0.39, 0.29) is 9.86 Å². The van der Waals surface area contributed by atoms with Crippen LogP contribution in [0, 0.1) is 5.82 Å². The monoisotopic (exact) mass is 283 g/mol. The fourth-order valence-electron chi connectivity index (χ4n) is 1.40. The van der Waals surface area contributed by atoms with Crippen molar-refractivity contribution in [2.45, 2.75) is 6.54 Å². The minimum absolute atomic E-state index is 0.129. The van der Waals surface area contributed by atoms with E-state index in [4.69, 9.17) is 18.0 Å². The fraction of sp³-hybridized carbons (Fsp3) is 0.0909. The second kappa shape index (κ2) is 5.28. The molecule has 0 radical (unpaired) electrons. The van der Waals surface area contributed by atoms with Gasteiger partial charge in [0.15, 0.2) is 0 Å². The molecule has 4 nitrogen and oxygen atoms in total. The van der Waals surface area contributed by atoms with Crippen molar-refractivity contribution in [3.8, 4) is 0 Å². The van der Waals surface area contributed by atoms with Gasteiger partial charge in [-0.1, -0.05) is 23.6 Å². The number of benzene rings is 1. The molecule has 0 bridgehead atoms. The molecule has 0 unspecified atom stereocenters. The third-order valence-electron chi connectivity index (χ3n) is 2.29. The lowest BCUT2D eigenvalue weighted by Crippen LogP contribution is -2.10. The highest BCUT2D eigenvalue weighted by Gasteiger charge is 2.05. The molecule has 0 aliphatic heterocycles. The molecule has 0 spiro atoms. The van der Waals surface area contributed by atoms with E-state index in [2.05, 4.69) is 10.3 Å². The highest BCUT2D eigenvalue weighted by atomic mass is 32.1. The molecule has 0 amide bonds. The summed E-state index contributed by atoms with van der Waals surface area (Å²) < 4.78 is 13.7. The SMILES string of the molecule is NC(=S)c1ccc(NCc2csc(=O)[nH]2)c(F)c1. The van der Waals surface area contributed by atoms with E-state index in [0.29, 0.717) is 23.5 Å². The number of hydrogen-bond donors (Lipinski definition) is 3. The lowest BCUT2D eigenvalue weighted by molar-refractivity contribution is 0.629. The van der Waals surface area contributed by atoms with Gasteiger partial charge < -0.3 is 16.0 Å². The molecule has 0 saturated carbocycles. The third-order valence-corrected chi connectivity index (χ3v) is 3.25. The standard InChI is InChI=1S/C11H10FN3OS2/c12-8-3-6(10(13)17)1-2-9(8)14-4-7-5-18-11(16)15-7/h1-3,5,14H,4H2,(H2,13,17)(H,15,16). The van der Waals surface area contributed by atoms with Crippen LogP contribution in [0.1, 0.15) is 11.3 Å². The first-order chi connectivity index (χ1) is 8.56. The maximum absolute atomic E-state index is 13.7. The summed E-state index contributed by atoms with van der Waals surface area (Å²) >= 11 is 5.83. The molecule has 1 heterocycles. The summed E-state index contributed by atoms with van der Waals surface area (Å²) in [5.41, 5.74) is 6.94. The van der Waals surface area contributed by atoms with Crippen molar-refractivity contribution in [2.24, 2.45) is 5.73 Å². The molecule has 2 rings (SSSR count). The number of thiazole rings is 1. The van der Waals surface area contributed by atoms with Gasteiger partial charge in [-0.2, -0.15) is 0 Å². The summed E-state index contributed by atoms with van der Waals surface area (Å²) in [6.07, 6.45) is 0. The highest BCUT2D eigenvalue weighted by Crippen LogP contribution is 2.16. The van der Waals surface area contributed by atoms with Gasteiger partial charge in [0.25, 0.3) is 0 Å². The Balaban J connectivity index is 2.10. The van der Waals surface area contributed by atoms with Crippen LogP contribution in [0.4, 0.5) is 10.1 Å². The first kappa shape index (κ1) is 12.7. The first-order valence-electron chi connectivity index (χ1n) is 5.06. The van der Waals surface area contributed by atoms with Crippen LogP contribution in [0.25, 0.3) is 0 Å². The number of hydrogen-bond acceptors (Lipinski definition) is 4. The van der Waals surface area contributed by atoms with E-state index >= 15 is 0 Å². The predicted molar refractivity (Wildman–Crippen MR) is 74.6 cm³/mol. The maximum Gasteiger partial charge on any atom is 0.304 e. The van der Waals surface area contributed by atoms with Crippen LogP contribution in [-0.2, 0) is 6.54 Å². The van der Waals surface area contributed by atoms with E-state index in [0.717, 1.165) is 11.3 Å². The molecule has 4 N–H and O–H groups in total. The zero-order valence-electron chi connectivity index (χ0n) is 9.20. The third kappa shape index (κ3) is 2.93. The van der Waals surface area contributed by atoms with Crippen LogP contribution in [0.2, 0.25) is 0 Å². The van der Waals surface area contributed by atoms with Crippen molar-refractivity contribution in [2.75, 3.05) is 5.32 Å². The van der Waals surface area contributed by atoms with Gasteiger partial charge in [0.2, 0.25) is 0 Å². The summed E-state index contributed by atoms with van der Waals surface area (Å²) in [6, 6.07) is 4.49. The summed E-state index contributed by atoms with van der Waals surface area (Å²) in [6.45, 7) is 0.349. The average molecular weight is 283 g/mol. The number of rotatable bonds is 4. The zero-order valence-corrected chi connectivity index (χ0v) is 10.8. The molecule has 0 atom stereocenters. The van der Waals surface area contributed by atoms with Gasteiger partial charge in [-0.25, -0.2) is 4.39 Å². The van der Waals surface area contributed by atoms with Gasteiger partial charge in [-0.15, -0.1) is 0 Å². The molecule has 1 aromatic carbocycles. The molecule has 1 aromatic heterocycles. The van der Waals surface area contributed by atoms with Crippen molar-refractivity contribution in [1.29, 1.82) is 0 Å². The quantitative estimate of drug-likeness (QED) is 0.749. The average Bonchev–Trinajstić information content (AvgIpc) is 2.73. The summed E-state index contributed by atoms with van der Waals surface area (Å²) in [5, 5.41) is 4.58. The van der Waals surface area contributed by atoms with Gasteiger partial charge in [-0.05, 0) is 18.2 Å². The van der Waals surface area contributed by atoms with Crippen LogP contribution in [-0.4, -0.2) is 9.97 Å². The molecule has 7 heteroatoms. The fourth-order valence-corrected chi connectivity index (χ4v) is 2.11. The van der Waals surface area contributed by atoms with Gasteiger partial charge in [0, 0.05) is 16.6 Å². The number of halogens is 1. The minimum Gasteiger partial charge on any atom is -0.389 e. The largest absolute Gasteiger partial charge is 0.389 e. The van der Waals surface area contributed by atoms with Crippen LogP contribution in [0.3, 0.4) is 0 Å². The predicted octanol–water partition coefficient (Wildman–Crippen LogP) is 1.82. The Hall–Kier alpha value is -1.73. The van der Waals surface area contributed by atoms with Crippen molar-refractivity contribution < 1.29 is 4.39 Å². The molecule has 0 saturated heterocycles. The second-order valence-electron chi connectivity index (χ2n) is 3.59. The van der Waals surface area contributed by atoms with Gasteiger partial charge in [0.05, 0.1) is 12.2 Å². The van der Waals surface area contributed by atoms with E-state index < -0.39 is 5.82 Å². The summed E-state index contributed by atoms with van der Waals surface area (Å²) in [7, 11) is 0. The van der Waals surface area contributed by atoms with Crippen LogP contribution in [0.5, 0.6) is 0 Å². The number of aromatic amines is 1. The number of H-pyrrole nitrogens is 1. The maximum atomic E-state index is 13.7. The Morgan fingerprint density at radius 1 is 1.56 bits per heavy atom. The molecule has 2 aromatic rings. The first-order valence-corrected chi connectivity index (χ1v) is 6.35. The van der Waals surface area contributed by atoms with E-state index in [1.807, 2.05) is 0 Å². The Kier molecular flexibility index (Phi) is 3.73. The van der Waals surface area contributed by atoms with Crippen molar-refractivity contribution in [3.63, 3.8) is 0 Å². The normalized spacial score (nSPS) is 10.3. The van der Waals surface area contributed by atoms with Crippen molar-refractivity contribution in [3.05, 3.63) is 50.3 Å². The number of thiocarbonyl (C=S) groups is 1. The van der Waals surface area contributed by atoms with Crippen LogP contribution < -0.4 is 15.9 Å². The van der Waals surface area contributed by atoms with Gasteiger partial charge in [0.1, 0.15) is 10.8 Å². The van der Waals surface area contributed by atoms with E-state index in [1.165, 1.54) is 6.07 Å². The number of nitrogens with two attached hydrogens (primary N) is 1. The summed E-state index contributed by atoms with van der Waals surface area (Å²) in [5.74, 6) is -0.433. The summed E-state index contributed by atoms with van der Waals surface area (Å²) in [4.78, 5) is 13.6. The topological polar surface area (TPSA) is 70.9 Å². The lowest BCUT2D eigenvalue weighted by atomic mass is 10.2. The second-order valence-corrected chi connectivity index (χ2v) is 4.87. The zero-order chi connectivity index (χ0) is 13.1. The molecule has 0 fully saturated rings. The van der Waals surface area contributed by atoms with Crippen molar-refractivity contribution in [1.82, 2.24) is 4.98 Å². The molecular weight excluding hydrogens is 273 g/mol.